The molecule has 3 N–H and O–H groups in total. The lowest BCUT2D eigenvalue weighted by atomic mass is 9.97. The number of rotatable bonds is 9. The highest BCUT2D eigenvalue weighted by atomic mass is 16.5. The fraction of sp³-hybridized carbons (Fsp3) is 0.381. The van der Waals surface area contributed by atoms with Crippen molar-refractivity contribution in [1.82, 2.24) is 10.3 Å². The smallest absolute Gasteiger partial charge is 0.340 e. The van der Waals surface area contributed by atoms with Crippen molar-refractivity contribution >= 4 is 17.7 Å². The van der Waals surface area contributed by atoms with Crippen LogP contribution in [0.3, 0.4) is 0 Å². The molecule has 0 aliphatic heterocycles. The summed E-state index contributed by atoms with van der Waals surface area (Å²) in [7, 11) is 2.93. The number of aryl methyl sites for hydroxylation is 1. The molecule has 0 saturated carbocycles. The van der Waals surface area contributed by atoms with Crippen LogP contribution in [0.15, 0.2) is 18.2 Å². The number of hydrogen-bond donors (Lipinski definition) is 3. The number of aliphatic hydroxyl groups is 1. The van der Waals surface area contributed by atoms with E-state index < -0.39 is 23.8 Å². The number of aliphatic hydroxyl groups excluding tert-OH is 1. The third-order valence-corrected chi connectivity index (χ3v) is 4.33. The number of H-pyrrole nitrogens is 1. The number of amides is 1. The van der Waals surface area contributed by atoms with Gasteiger partial charge in [-0.1, -0.05) is 0 Å². The maximum absolute atomic E-state index is 12.9. The van der Waals surface area contributed by atoms with Gasteiger partial charge in [0.05, 0.1) is 32.5 Å². The summed E-state index contributed by atoms with van der Waals surface area (Å²) in [5.74, 6) is -1.62. The lowest BCUT2D eigenvalue weighted by Gasteiger charge is -2.13. The minimum atomic E-state index is -0.921. The first kappa shape index (κ1) is 23.0. The van der Waals surface area contributed by atoms with Gasteiger partial charge in [-0.2, -0.15) is 0 Å². The average Bonchev–Trinajstić information content (AvgIpc) is 3.07. The number of ketones is 1. The predicted molar refractivity (Wildman–Crippen MR) is 109 cm³/mol. The lowest BCUT2D eigenvalue weighted by Crippen LogP contribution is -2.36. The first-order valence-corrected chi connectivity index (χ1v) is 9.37. The topological polar surface area (TPSA) is 127 Å². The summed E-state index contributed by atoms with van der Waals surface area (Å²) in [6, 6.07) is 4.91. The molecule has 1 aromatic heterocycles. The Labute approximate surface area is 174 Å². The molecule has 0 bridgehead atoms. The molecule has 30 heavy (non-hydrogen) atoms. The minimum absolute atomic E-state index is 0.0905. The molecule has 1 aromatic carbocycles. The van der Waals surface area contributed by atoms with Gasteiger partial charge in [-0.15, -0.1) is 0 Å². The molecule has 0 unspecified atom stereocenters. The van der Waals surface area contributed by atoms with Gasteiger partial charge >= 0.3 is 5.97 Å². The lowest BCUT2D eigenvalue weighted by molar-refractivity contribution is -0.117. The van der Waals surface area contributed by atoms with Gasteiger partial charge in [0.1, 0.15) is 17.2 Å². The van der Waals surface area contributed by atoms with Crippen LogP contribution in [0, 0.1) is 6.92 Å². The maximum Gasteiger partial charge on any atom is 0.340 e. The summed E-state index contributed by atoms with van der Waals surface area (Å²) in [5, 5.41) is 11.7. The molecular formula is C21H26N2O7. The average molecular weight is 418 g/mol. The second-order valence-corrected chi connectivity index (χ2v) is 6.55. The van der Waals surface area contributed by atoms with Crippen LogP contribution in [0.1, 0.15) is 40.4 Å². The Bertz CT molecular complexity index is 947. The minimum Gasteiger partial charge on any atom is -0.497 e. The van der Waals surface area contributed by atoms with E-state index >= 15 is 0 Å². The van der Waals surface area contributed by atoms with Crippen LogP contribution >= 0.6 is 0 Å². The Balaban J connectivity index is 2.71. The summed E-state index contributed by atoms with van der Waals surface area (Å²) in [6.45, 7) is 4.80. The van der Waals surface area contributed by atoms with Gasteiger partial charge in [0, 0.05) is 23.4 Å². The van der Waals surface area contributed by atoms with Gasteiger partial charge in [-0.25, -0.2) is 4.79 Å². The normalized spacial score (nSPS) is 11.5. The Morgan fingerprint density at radius 2 is 1.90 bits per heavy atom. The number of carbonyl (C=O) groups is 3. The molecule has 0 fully saturated rings. The third-order valence-electron chi connectivity index (χ3n) is 4.33. The summed E-state index contributed by atoms with van der Waals surface area (Å²) < 4.78 is 15.8. The van der Waals surface area contributed by atoms with Gasteiger partial charge in [-0.05, 0) is 39.0 Å². The van der Waals surface area contributed by atoms with Gasteiger partial charge in [-0.3, -0.25) is 9.59 Å². The number of methoxy groups -OCH3 is 2. The van der Waals surface area contributed by atoms with Crippen molar-refractivity contribution < 1.29 is 33.7 Å². The quantitative estimate of drug-likeness (QED) is 0.322. The SMILES string of the molecule is CCOC(=O)c1c(C)[nH]c(C(=O)C(=O)NC[C@@H](C)O)c1-c1cc(OC)ccc1OC. The second-order valence-electron chi connectivity index (χ2n) is 6.55. The Morgan fingerprint density at radius 3 is 2.47 bits per heavy atom. The molecule has 2 aromatic rings. The Morgan fingerprint density at radius 1 is 1.20 bits per heavy atom. The van der Waals surface area contributed by atoms with Crippen molar-refractivity contribution in [3.8, 4) is 22.6 Å². The monoisotopic (exact) mass is 418 g/mol. The molecule has 2 rings (SSSR count). The van der Waals surface area contributed by atoms with Crippen LogP contribution in [0.5, 0.6) is 11.5 Å². The standard InChI is InChI=1S/C21H26N2O7/c1-6-30-21(27)16-12(3)23-18(19(25)20(26)22-10-11(2)24)17(16)14-9-13(28-4)7-8-15(14)29-5/h7-9,11,23-24H,6,10H2,1-5H3,(H,22,26)/t11-/m1/s1. The summed E-state index contributed by atoms with van der Waals surface area (Å²) in [4.78, 5) is 40.8. The van der Waals surface area contributed by atoms with Gasteiger partial charge in [0.15, 0.2) is 0 Å². The van der Waals surface area contributed by atoms with E-state index in [4.69, 9.17) is 14.2 Å². The van der Waals surface area contributed by atoms with Crippen molar-refractivity contribution in [3.05, 3.63) is 35.2 Å². The molecular weight excluding hydrogens is 392 g/mol. The van der Waals surface area contributed by atoms with Crippen molar-refractivity contribution in [2.24, 2.45) is 0 Å². The van der Waals surface area contributed by atoms with Crippen molar-refractivity contribution in [2.75, 3.05) is 27.4 Å². The third kappa shape index (κ3) is 4.80. The molecule has 162 valence electrons. The highest BCUT2D eigenvalue weighted by molar-refractivity contribution is 6.44. The van der Waals surface area contributed by atoms with Gasteiger partial charge < -0.3 is 29.6 Å². The number of hydrogen-bond acceptors (Lipinski definition) is 7. The van der Waals surface area contributed by atoms with E-state index in [2.05, 4.69) is 10.3 Å². The number of benzene rings is 1. The van der Waals surface area contributed by atoms with Crippen molar-refractivity contribution in [2.45, 2.75) is 26.9 Å². The highest BCUT2D eigenvalue weighted by Gasteiger charge is 2.31. The van der Waals surface area contributed by atoms with E-state index in [1.54, 1.807) is 32.0 Å². The molecule has 9 heteroatoms. The predicted octanol–water partition coefficient (Wildman–Crippen LogP) is 1.86. The summed E-state index contributed by atoms with van der Waals surface area (Å²) >= 11 is 0. The number of aromatic amines is 1. The summed E-state index contributed by atoms with van der Waals surface area (Å²) in [5.41, 5.74) is 0.954. The zero-order chi connectivity index (χ0) is 22.4. The first-order chi connectivity index (χ1) is 14.2. The zero-order valence-electron chi connectivity index (χ0n) is 17.6. The van der Waals surface area contributed by atoms with Crippen LogP contribution in [0.2, 0.25) is 0 Å². The molecule has 9 nitrogen and oxygen atoms in total. The first-order valence-electron chi connectivity index (χ1n) is 9.37. The number of nitrogens with one attached hydrogen (secondary N) is 2. The number of aromatic nitrogens is 1. The van der Waals surface area contributed by atoms with Crippen LogP contribution < -0.4 is 14.8 Å². The van der Waals surface area contributed by atoms with Crippen LogP contribution in [-0.4, -0.2) is 61.2 Å². The second kappa shape index (κ2) is 9.93. The van der Waals surface area contributed by atoms with E-state index in [1.807, 2.05) is 0 Å². The fourth-order valence-corrected chi connectivity index (χ4v) is 2.97. The highest BCUT2D eigenvalue weighted by Crippen LogP contribution is 2.39. The van der Waals surface area contributed by atoms with Crippen molar-refractivity contribution in [1.29, 1.82) is 0 Å². The molecule has 0 radical (unpaired) electrons. The Kier molecular flexibility index (Phi) is 7.60. The summed E-state index contributed by atoms with van der Waals surface area (Å²) in [6.07, 6.45) is -0.819. The molecule has 0 aliphatic carbocycles. The maximum atomic E-state index is 12.9. The van der Waals surface area contributed by atoms with Crippen molar-refractivity contribution in [3.63, 3.8) is 0 Å². The molecule has 0 saturated heterocycles. The number of ether oxygens (including phenoxy) is 3. The largest absolute Gasteiger partial charge is 0.497 e. The van der Waals surface area contributed by atoms with Crippen LogP contribution in [0.4, 0.5) is 0 Å². The number of esters is 1. The van der Waals surface area contributed by atoms with E-state index in [-0.39, 0.29) is 30.0 Å². The van der Waals surface area contributed by atoms with Crippen LogP contribution in [0.25, 0.3) is 11.1 Å². The van der Waals surface area contributed by atoms with Crippen LogP contribution in [-0.2, 0) is 9.53 Å². The molecule has 0 spiro atoms. The molecule has 0 aliphatic rings. The molecule has 1 heterocycles. The van der Waals surface area contributed by atoms with E-state index in [0.29, 0.717) is 22.8 Å². The fourth-order valence-electron chi connectivity index (χ4n) is 2.97. The van der Waals surface area contributed by atoms with E-state index in [1.165, 1.54) is 21.1 Å². The number of Topliss-reactive ketones (excluding diaryl/α,β-unsaturated/α-hetero) is 1. The molecule has 1 atom stereocenters. The Hall–Kier alpha value is -3.33. The van der Waals surface area contributed by atoms with E-state index in [0.717, 1.165) is 0 Å². The number of carbonyl (C=O) groups excluding carboxylic acids is 3. The van der Waals surface area contributed by atoms with Gasteiger partial charge in [0.25, 0.3) is 11.7 Å². The van der Waals surface area contributed by atoms with Gasteiger partial charge in [0.2, 0.25) is 0 Å². The van der Waals surface area contributed by atoms with E-state index in [9.17, 15) is 19.5 Å². The molecule has 1 amide bonds. The zero-order valence-corrected chi connectivity index (χ0v) is 17.6.